The summed E-state index contributed by atoms with van der Waals surface area (Å²) >= 11 is 0. The Kier molecular flexibility index (Phi) is 4.65. The molecule has 5 aliphatic carbocycles. The normalized spacial score (nSPS) is 48.8. The quantitative estimate of drug-likeness (QED) is 0.689. The zero-order valence-electron chi connectivity index (χ0n) is 21.3. The molecule has 186 valence electrons. The Labute approximate surface area is 203 Å². The Balaban J connectivity index is 1.23. The molecule has 1 amide bonds. The van der Waals surface area contributed by atoms with Gasteiger partial charge < -0.3 is 10.4 Å². The first-order valence-corrected chi connectivity index (χ1v) is 13.5. The minimum absolute atomic E-state index is 0.0840. The van der Waals surface area contributed by atoms with Crippen molar-refractivity contribution in [2.75, 3.05) is 7.05 Å². The number of amides is 1. The Morgan fingerprint density at radius 3 is 2.68 bits per heavy atom. The molecule has 6 heteroatoms. The van der Waals surface area contributed by atoms with Gasteiger partial charge in [-0.15, -0.1) is 0 Å². The van der Waals surface area contributed by atoms with Crippen LogP contribution in [0, 0.1) is 39.4 Å². The third kappa shape index (κ3) is 2.75. The van der Waals surface area contributed by atoms with Crippen LogP contribution in [-0.4, -0.2) is 39.2 Å². The van der Waals surface area contributed by atoms with Crippen LogP contribution in [0.2, 0.25) is 0 Å². The minimum Gasteiger partial charge on any atom is -0.390 e. The molecule has 1 aromatic heterocycles. The number of carbonyl (C=O) groups is 2. The second kappa shape index (κ2) is 6.96. The van der Waals surface area contributed by atoms with E-state index in [1.165, 1.54) is 32.1 Å². The van der Waals surface area contributed by atoms with Gasteiger partial charge >= 0.3 is 0 Å². The predicted octanol–water partition coefficient (Wildman–Crippen LogP) is 4.37. The minimum atomic E-state index is -0.492. The highest BCUT2D eigenvalue weighted by Crippen LogP contribution is 2.90. The highest BCUT2D eigenvalue weighted by atomic mass is 16.3. The molecule has 1 aromatic rings. The SMILES string of the molecule is CNC(=O)c1cnn(CC(=O)[C@H]2CCC34C[C@]35CC[C@H]3C[C@](C)(O)CC[C@]3(C)[C@H]5CC[C@]24C)c1. The van der Waals surface area contributed by atoms with Crippen LogP contribution in [-0.2, 0) is 11.3 Å². The lowest BCUT2D eigenvalue weighted by Gasteiger charge is -2.61. The number of nitrogens with zero attached hydrogens (tertiary/aromatic N) is 2. The molecule has 34 heavy (non-hydrogen) atoms. The van der Waals surface area contributed by atoms with E-state index in [2.05, 4.69) is 24.3 Å². The van der Waals surface area contributed by atoms with Gasteiger partial charge in [-0.25, -0.2) is 0 Å². The van der Waals surface area contributed by atoms with Gasteiger partial charge in [0.1, 0.15) is 0 Å². The van der Waals surface area contributed by atoms with Crippen molar-refractivity contribution in [2.24, 2.45) is 39.4 Å². The number of aromatic nitrogens is 2. The van der Waals surface area contributed by atoms with Crippen LogP contribution in [0.15, 0.2) is 12.4 Å². The maximum atomic E-state index is 13.6. The molecule has 0 radical (unpaired) electrons. The fraction of sp³-hybridized carbons (Fsp3) is 0.821. The maximum absolute atomic E-state index is 13.6. The van der Waals surface area contributed by atoms with Gasteiger partial charge in [-0.05, 0) is 105 Å². The predicted molar refractivity (Wildman–Crippen MR) is 129 cm³/mol. The number of hydrogen-bond donors (Lipinski definition) is 2. The number of aliphatic hydroxyl groups is 1. The van der Waals surface area contributed by atoms with E-state index in [0.29, 0.717) is 33.5 Å². The summed E-state index contributed by atoms with van der Waals surface area (Å²) in [6, 6.07) is 0. The molecule has 5 fully saturated rings. The molecular weight excluding hydrogens is 426 g/mol. The van der Waals surface area contributed by atoms with Gasteiger partial charge in [-0.1, -0.05) is 13.8 Å². The van der Waals surface area contributed by atoms with Crippen molar-refractivity contribution in [3.05, 3.63) is 18.0 Å². The second-order valence-corrected chi connectivity index (χ2v) is 13.4. The van der Waals surface area contributed by atoms with Crippen LogP contribution in [0.4, 0.5) is 0 Å². The van der Waals surface area contributed by atoms with Gasteiger partial charge in [0.2, 0.25) is 0 Å². The van der Waals surface area contributed by atoms with Crippen molar-refractivity contribution in [2.45, 2.75) is 97.1 Å². The summed E-state index contributed by atoms with van der Waals surface area (Å²) in [5.41, 5.74) is 1.19. The molecule has 6 nitrogen and oxygen atoms in total. The van der Waals surface area contributed by atoms with E-state index in [4.69, 9.17) is 0 Å². The number of rotatable bonds is 4. The molecule has 0 bridgehead atoms. The molecule has 0 saturated heterocycles. The van der Waals surface area contributed by atoms with Gasteiger partial charge in [0, 0.05) is 19.2 Å². The van der Waals surface area contributed by atoms with Gasteiger partial charge in [0.25, 0.3) is 5.91 Å². The van der Waals surface area contributed by atoms with Crippen molar-refractivity contribution in [1.82, 2.24) is 15.1 Å². The Morgan fingerprint density at radius 2 is 1.91 bits per heavy atom. The standard InChI is InChI=1S/C28H41N3O3/c1-24(34)11-12-25(2)19(13-24)5-9-27-17-28(27)10-6-20(26(28,3)8-7-22(25)27)21(32)16-31-15-18(14-30-31)23(33)29-4/h14-15,19-20,22,34H,5-13,16-17H2,1-4H3,(H,29,33)/t19-,20+,22+,24+,25-,26+,27-,28?/m0/s1. The summed E-state index contributed by atoms with van der Waals surface area (Å²) in [7, 11) is 1.61. The fourth-order valence-electron chi connectivity index (χ4n) is 10.4. The molecule has 5 saturated carbocycles. The second-order valence-electron chi connectivity index (χ2n) is 13.4. The molecule has 2 spiro atoms. The third-order valence-electron chi connectivity index (χ3n) is 12.2. The van der Waals surface area contributed by atoms with Gasteiger partial charge in [-0.3, -0.25) is 14.3 Å². The summed E-state index contributed by atoms with van der Waals surface area (Å²) in [5.74, 6) is 1.61. The topological polar surface area (TPSA) is 84.2 Å². The first-order chi connectivity index (χ1) is 16.0. The lowest BCUT2D eigenvalue weighted by molar-refractivity contribution is -0.152. The summed E-state index contributed by atoms with van der Waals surface area (Å²) in [5, 5.41) is 17.7. The highest BCUT2D eigenvalue weighted by molar-refractivity contribution is 5.93. The number of hydrogen-bond acceptors (Lipinski definition) is 4. The van der Waals surface area contributed by atoms with E-state index in [-0.39, 0.29) is 23.8 Å². The summed E-state index contributed by atoms with van der Waals surface area (Å²) in [6.45, 7) is 7.29. The molecule has 0 aliphatic heterocycles. The van der Waals surface area contributed by atoms with Crippen LogP contribution >= 0.6 is 0 Å². The maximum Gasteiger partial charge on any atom is 0.254 e. The van der Waals surface area contributed by atoms with E-state index < -0.39 is 5.60 Å². The van der Waals surface area contributed by atoms with Crippen LogP contribution in [0.1, 0.15) is 95.3 Å². The molecule has 6 rings (SSSR count). The molecule has 1 heterocycles. The molecule has 8 atom stereocenters. The van der Waals surface area contributed by atoms with Crippen molar-refractivity contribution < 1.29 is 14.7 Å². The smallest absolute Gasteiger partial charge is 0.254 e. The van der Waals surface area contributed by atoms with Crippen LogP contribution in [0.3, 0.4) is 0 Å². The average molecular weight is 468 g/mol. The van der Waals surface area contributed by atoms with Crippen LogP contribution < -0.4 is 5.32 Å². The molecule has 2 N–H and O–H groups in total. The van der Waals surface area contributed by atoms with Crippen LogP contribution in [0.5, 0.6) is 0 Å². The lowest BCUT2D eigenvalue weighted by atomic mass is 9.43. The van der Waals surface area contributed by atoms with E-state index in [1.54, 1.807) is 24.1 Å². The number of nitrogens with one attached hydrogen (secondary N) is 1. The monoisotopic (exact) mass is 467 g/mol. The average Bonchev–Trinajstić information content (AvgIpc) is 3.07. The lowest BCUT2D eigenvalue weighted by Crippen LogP contribution is -2.55. The van der Waals surface area contributed by atoms with Crippen molar-refractivity contribution in [3.63, 3.8) is 0 Å². The summed E-state index contributed by atoms with van der Waals surface area (Å²) < 4.78 is 1.65. The fourth-order valence-corrected chi connectivity index (χ4v) is 10.4. The highest BCUT2D eigenvalue weighted by Gasteiger charge is 2.83. The Hall–Kier alpha value is -1.69. The number of carbonyl (C=O) groups excluding carboxylic acids is 2. The zero-order valence-corrected chi connectivity index (χ0v) is 21.3. The molecular formula is C28H41N3O3. The van der Waals surface area contributed by atoms with E-state index >= 15 is 0 Å². The van der Waals surface area contributed by atoms with E-state index in [1.807, 2.05) is 6.92 Å². The third-order valence-corrected chi connectivity index (χ3v) is 12.2. The molecule has 5 aliphatic rings. The number of Topliss-reactive ketones (excluding diaryl/α,β-unsaturated/α-hetero) is 1. The van der Waals surface area contributed by atoms with Crippen molar-refractivity contribution >= 4 is 11.7 Å². The number of fused-ring (bicyclic) bond motifs is 2. The van der Waals surface area contributed by atoms with E-state index in [9.17, 15) is 14.7 Å². The zero-order chi connectivity index (χ0) is 24.1. The Morgan fingerprint density at radius 1 is 1.12 bits per heavy atom. The molecule has 0 aromatic carbocycles. The largest absolute Gasteiger partial charge is 0.390 e. The van der Waals surface area contributed by atoms with Crippen molar-refractivity contribution in [1.29, 1.82) is 0 Å². The number of ketones is 1. The first kappa shape index (κ1) is 22.8. The summed E-state index contributed by atoms with van der Waals surface area (Å²) in [4.78, 5) is 25.5. The van der Waals surface area contributed by atoms with Gasteiger partial charge in [0.05, 0.1) is 23.9 Å². The van der Waals surface area contributed by atoms with Crippen LogP contribution in [0.25, 0.3) is 0 Å². The Bertz CT molecular complexity index is 1050. The van der Waals surface area contributed by atoms with Gasteiger partial charge in [-0.2, -0.15) is 5.10 Å². The van der Waals surface area contributed by atoms with Gasteiger partial charge in [0.15, 0.2) is 5.78 Å². The van der Waals surface area contributed by atoms with E-state index in [0.717, 1.165) is 38.0 Å². The summed E-state index contributed by atoms with van der Waals surface area (Å²) in [6.07, 6.45) is 14.7. The molecule has 1 unspecified atom stereocenters. The van der Waals surface area contributed by atoms with Crippen molar-refractivity contribution in [3.8, 4) is 0 Å². The first-order valence-electron chi connectivity index (χ1n) is 13.5.